The normalized spacial score (nSPS) is 10.4. The van der Waals surface area contributed by atoms with Gasteiger partial charge in [0.2, 0.25) is 0 Å². The van der Waals surface area contributed by atoms with Gasteiger partial charge < -0.3 is 5.32 Å². The maximum absolute atomic E-state index is 3.49. The number of thioether (sulfide) groups is 1. The lowest BCUT2D eigenvalue weighted by Crippen LogP contribution is -2.02. The van der Waals surface area contributed by atoms with Crippen LogP contribution in [0.1, 0.15) is 24.5 Å². The highest BCUT2D eigenvalue weighted by Gasteiger charge is 1.95. The van der Waals surface area contributed by atoms with E-state index in [0.29, 0.717) is 0 Å². The summed E-state index contributed by atoms with van der Waals surface area (Å²) in [5, 5.41) is 3.49. The number of benzene rings is 2. The predicted molar refractivity (Wildman–Crippen MR) is 91.5 cm³/mol. The molecule has 0 aliphatic rings. The molecule has 0 bridgehead atoms. The van der Waals surface area contributed by atoms with Gasteiger partial charge in [0, 0.05) is 18.0 Å². The van der Waals surface area contributed by atoms with Gasteiger partial charge in [-0.3, -0.25) is 0 Å². The van der Waals surface area contributed by atoms with Gasteiger partial charge in [-0.15, -0.1) is 0 Å². The van der Waals surface area contributed by atoms with E-state index in [9.17, 15) is 0 Å². The van der Waals surface area contributed by atoms with Crippen LogP contribution in [0.15, 0.2) is 54.6 Å². The standard InChI is InChI=1S/C18H23NS/c1-2-20-15-17-10-12-18(13-11-17)19-14-6-9-16-7-4-3-5-8-16/h3-5,7-8,10-13,19H,2,6,9,14-15H2,1H3. The van der Waals surface area contributed by atoms with Crippen LogP contribution in [0.4, 0.5) is 5.69 Å². The van der Waals surface area contributed by atoms with E-state index in [1.165, 1.54) is 22.6 Å². The van der Waals surface area contributed by atoms with E-state index in [-0.39, 0.29) is 0 Å². The summed E-state index contributed by atoms with van der Waals surface area (Å²) in [6.07, 6.45) is 2.30. The molecular formula is C18H23NS. The molecule has 20 heavy (non-hydrogen) atoms. The molecule has 0 spiro atoms. The number of hydrogen-bond donors (Lipinski definition) is 1. The molecule has 1 N–H and O–H groups in total. The van der Waals surface area contributed by atoms with Crippen molar-refractivity contribution in [1.82, 2.24) is 0 Å². The van der Waals surface area contributed by atoms with Gasteiger partial charge in [0.1, 0.15) is 0 Å². The molecule has 2 rings (SSSR count). The first-order valence-electron chi connectivity index (χ1n) is 7.33. The molecule has 0 fully saturated rings. The minimum Gasteiger partial charge on any atom is -0.385 e. The van der Waals surface area contributed by atoms with Gasteiger partial charge in [0.25, 0.3) is 0 Å². The molecule has 1 nitrogen and oxygen atoms in total. The molecule has 0 saturated carbocycles. The van der Waals surface area contributed by atoms with Crippen LogP contribution >= 0.6 is 11.8 Å². The van der Waals surface area contributed by atoms with Crippen molar-refractivity contribution in [3.05, 3.63) is 65.7 Å². The van der Waals surface area contributed by atoms with Crippen molar-refractivity contribution in [3.8, 4) is 0 Å². The Morgan fingerprint density at radius 3 is 2.35 bits per heavy atom. The average Bonchev–Trinajstić information content (AvgIpc) is 2.52. The fraction of sp³-hybridized carbons (Fsp3) is 0.333. The first-order valence-corrected chi connectivity index (χ1v) is 8.48. The molecule has 2 heteroatoms. The number of anilines is 1. The summed E-state index contributed by atoms with van der Waals surface area (Å²) >= 11 is 1.97. The molecule has 2 aromatic rings. The van der Waals surface area contributed by atoms with E-state index in [1.54, 1.807) is 0 Å². The highest BCUT2D eigenvalue weighted by molar-refractivity contribution is 7.98. The van der Waals surface area contributed by atoms with Gasteiger partial charge >= 0.3 is 0 Å². The van der Waals surface area contributed by atoms with Crippen molar-refractivity contribution in [3.63, 3.8) is 0 Å². The minimum absolute atomic E-state index is 1.03. The number of nitrogens with one attached hydrogen (secondary N) is 1. The highest BCUT2D eigenvalue weighted by atomic mass is 32.2. The van der Waals surface area contributed by atoms with Crippen LogP contribution in [-0.4, -0.2) is 12.3 Å². The molecule has 0 saturated heterocycles. The van der Waals surface area contributed by atoms with Crippen LogP contribution in [0.5, 0.6) is 0 Å². The summed E-state index contributed by atoms with van der Waals surface area (Å²) in [5.74, 6) is 2.30. The fourth-order valence-electron chi connectivity index (χ4n) is 2.11. The van der Waals surface area contributed by atoms with Crippen molar-refractivity contribution in [2.24, 2.45) is 0 Å². The van der Waals surface area contributed by atoms with Gasteiger partial charge in [-0.1, -0.05) is 49.4 Å². The van der Waals surface area contributed by atoms with Crippen LogP contribution < -0.4 is 5.32 Å². The third-order valence-electron chi connectivity index (χ3n) is 3.24. The molecule has 106 valence electrons. The first kappa shape index (κ1) is 15.0. The van der Waals surface area contributed by atoms with Gasteiger partial charge in [-0.25, -0.2) is 0 Å². The van der Waals surface area contributed by atoms with Crippen LogP contribution in [-0.2, 0) is 12.2 Å². The Morgan fingerprint density at radius 1 is 0.900 bits per heavy atom. The van der Waals surface area contributed by atoms with E-state index >= 15 is 0 Å². The van der Waals surface area contributed by atoms with Gasteiger partial charge in [0.15, 0.2) is 0 Å². The Kier molecular flexibility index (Phi) is 6.52. The zero-order valence-corrected chi connectivity index (χ0v) is 13.0. The minimum atomic E-state index is 1.03. The molecule has 0 radical (unpaired) electrons. The Bertz CT molecular complexity index is 479. The van der Waals surface area contributed by atoms with Crippen LogP contribution in [0, 0.1) is 0 Å². The number of rotatable bonds is 8. The summed E-state index contributed by atoms with van der Waals surface area (Å²) < 4.78 is 0. The average molecular weight is 285 g/mol. The second-order valence-electron chi connectivity index (χ2n) is 4.85. The van der Waals surface area contributed by atoms with Gasteiger partial charge in [-0.05, 0) is 41.9 Å². The molecule has 0 amide bonds. The van der Waals surface area contributed by atoms with Crippen LogP contribution in [0.25, 0.3) is 0 Å². The van der Waals surface area contributed by atoms with Gasteiger partial charge in [-0.2, -0.15) is 11.8 Å². The molecule has 2 aromatic carbocycles. The largest absolute Gasteiger partial charge is 0.385 e. The first-order chi connectivity index (χ1) is 9.88. The predicted octanol–water partition coefficient (Wildman–Crippen LogP) is 4.98. The molecule has 0 aliphatic heterocycles. The molecule has 0 unspecified atom stereocenters. The molecular weight excluding hydrogens is 262 g/mol. The van der Waals surface area contributed by atoms with Crippen molar-refractivity contribution in [1.29, 1.82) is 0 Å². The van der Waals surface area contributed by atoms with Crippen molar-refractivity contribution >= 4 is 17.4 Å². The van der Waals surface area contributed by atoms with E-state index in [1.807, 2.05) is 11.8 Å². The Hall–Kier alpha value is -1.41. The van der Waals surface area contributed by atoms with E-state index in [4.69, 9.17) is 0 Å². The molecule has 0 heterocycles. The maximum atomic E-state index is 3.49. The topological polar surface area (TPSA) is 12.0 Å². The smallest absolute Gasteiger partial charge is 0.0340 e. The second kappa shape index (κ2) is 8.70. The molecule has 0 aromatic heterocycles. The lowest BCUT2D eigenvalue weighted by Gasteiger charge is -2.07. The second-order valence-corrected chi connectivity index (χ2v) is 6.12. The summed E-state index contributed by atoms with van der Waals surface area (Å²) in [5.41, 5.74) is 4.05. The number of aryl methyl sites for hydroxylation is 1. The van der Waals surface area contributed by atoms with Crippen molar-refractivity contribution in [2.45, 2.75) is 25.5 Å². The van der Waals surface area contributed by atoms with Crippen LogP contribution in [0.3, 0.4) is 0 Å². The monoisotopic (exact) mass is 285 g/mol. The fourth-order valence-corrected chi connectivity index (χ4v) is 2.74. The van der Waals surface area contributed by atoms with Crippen molar-refractivity contribution < 1.29 is 0 Å². The lowest BCUT2D eigenvalue weighted by atomic mass is 10.1. The maximum Gasteiger partial charge on any atom is 0.0340 e. The molecule has 0 aliphatic carbocycles. The van der Waals surface area contributed by atoms with Crippen molar-refractivity contribution in [2.75, 3.05) is 17.6 Å². The highest BCUT2D eigenvalue weighted by Crippen LogP contribution is 2.15. The quantitative estimate of drug-likeness (QED) is 0.686. The van der Waals surface area contributed by atoms with E-state index in [2.05, 4.69) is 66.8 Å². The van der Waals surface area contributed by atoms with Gasteiger partial charge in [0.05, 0.1) is 0 Å². The summed E-state index contributed by atoms with van der Waals surface area (Å²) in [6.45, 7) is 3.23. The third-order valence-corrected chi connectivity index (χ3v) is 4.19. The zero-order valence-electron chi connectivity index (χ0n) is 12.1. The third kappa shape index (κ3) is 5.30. The Morgan fingerprint density at radius 2 is 1.65 bits per heavy atom. The summed E-state index contributed by atoms with van der Waals surface area (Å²) in [6, 6.07) is 19.5. The molecule has 0 atom stereocenters. The SMILES string of the molecule is CCSCc1ccc(NCCCc2ccccc2)cc1. The Labute approximate surface area is 126 Å². The lowest BCUT2D eigenvalue weighted by molar-refractivity contribution is 0.863. The van der Waals surface area contributed by atoms with E-state index < -0.39 is 0 Å². The summed E-state index contributed by atoms with van der Waals surface area (Å²) in [4.78, 5) is 0. The van der Waals surface area contributed by atoms with E-state index in [0.717, 1.165) is 25.1 Å². The Balaban J connectivity index is 1.69. The van der Waals surface area contributed by atoms with Crippen LogP contribution in [0.2, 0.25) is 0 Å². The zero-order chi connectivity index (χ0) is 14.0. The number of hydrogen-bond acceptors (Lipinski definition) is 2. The summed E-state index contributed by atoms with van der Waals surface area (Å²) in [7, 11) is 0.